The minimum Gasteiger partial charge on any atom is -0.286 e. The van der Waals surface area contributed by atoms with Crippen LogP contribution in [0.5, 0.6) is 0 Å². The van der Waals surface area contributed by atoms with Crippen molar-refractivity contribution in [2.45, 2.75) is 19.9 Å². The molecule has 1 aromatic carbocycles. The van der Waals surface area contributed by atoms with E-state index in [1.54, 1.807) is 0 Å². The van der Waals surface area contributed by atoms with Gasteiger partial charge in [-0.3, -0.25) is 9.48 Å². The van der Waals surface area contributed by atoms with Gasteiger partial charge >= 0.3 is 0 Å². The van der Waals surface area contributed by atoms with Gasteiger partial charge in [0.1, 0.15) is 0 Å². The second kappa shape index (κ2) is 4.44. The van der Waals surface area contributed by atoms with Crippen molar-refractivity contribution in [2.24, 2.45) is 0 Å². The lowest BCUT2D eigenvalue weighted by Gasteiger charge is -2.13. The van der Waals surface area contributed by atoms with Gasteiger partial charge in [-0.2, -0.15) is 5.10 Å². The van der Waals surface area contributed by atoms with Crippen LogP contribution < -0.4 is 5.43 Å². The van der Waals surface area contributed by atoms with E-state index < -0.39 is 0 Å². The molecular formula is C11H10BrIN2O. The third-order valence-corrected chi connectivity index (χ3v) is 3.52. The van der Waals surface area contributed by atoms with E-state index in [1.807, 2.05) is 59.3 Å². The van der Waals surface area contributed by atoms with Crippen LogP contribution in [0.3, 0.4) is 0 Å². The molecule has 0 saturated carbocycles. The SMILES string of the molecule is CC(C)n1nc(I)c(=O)c2ccc(Br)cc21. The number of aromatic nitrogens is 2. The maximum Gasteiger partial charge on any atom is 0.221 e. The smallest absolute Gasteiger partial charge is 0.221 e. The molecule has 0 aliphatic heterocycles. The summed E-state index contributed by atoms with van der Waals surface area (Å²) in [6.45, 7) is 4.10. The van der Waals surface area contributed by atoms with E-state index in [4.69, 9.17) is 0 Å². The molecule has 0 unspecified atom stereocenters. The van der Waals surface area contributed by atoms with Gasteiger partial charge < -0.3 is 0 Å². The molecule has 0 radical (unpaired) electrons. The van der Waals surface area contributed by atoms with Gasteiger partial charge in [-0.15, -0.1) is 0 Å². The first-order chi connectivity index (χ1) is 7.50. The Morgan fingerprint density at radius 2 is 2.12 bits per heavy atom. The highest BCUT2D eigenvalue weighted by atomic mass is 127. The summed E-state index contributed by atoms with van der Waals surface area (Å²) in [6, 6.07) is 5.88. The molecule has 1 heterocycles. The fourth-order valence-electron chi connectivity index (χ4n) is 1.58. The zero-order chi connectivity index (χ0) is 11.9. The zero-order valence-corrected chi connectivity index (χ0v) is 12.6. The Morgan fingerprint density at radius 3 is 2.75 bits per heavy atom. The van der Waals surface area contributed by atoms with Crippen molar-refractivity contribution in [2.75, 3.05) is 0 Å². The van der Waals surface area contributed by atoms with E-state index >= 15 is 0 Å². The van der Waals surface area contributed by atoms with Gasteiger partial charge in [0, 0.05) is 10.5 Å². The van der Waals surface area contributed by atoms with Gasteiger partial charge in [0.15, 0.2) is 3.70 Å². The highest BCUT2D eigenvalue weighted by molar-refractivity contribution is 14.1. The topological polar surface area (TPSA) is 34.9 Å². The average Bonchev–Trinajstić information content (AvgIpc) is 2.22. The summed E-state index contributed by atoms with van der Waals surface area (Å²) < 4.78 is 3.35. The molecule has 0 amide bonds. The molecule has 0 saturated heterocycles. The second-order valence-corrected chi connectivity index (χ2v) is 5.76. The number of rotatable bonds is 1. The Kier molecular flexibility index (Phi) is 3.34. The molecule has 1 aromatic heterocycles. The normalized spacial score (nSPS) is 11.3. The number of fused-ring (bicyclic) bond motifs is 1. The molecule has 3 nitrogen and oxygen atoms in total. The molecule has 0 N–H and O–H groups in total. The zero-order valence-electron chi connectivity index (χ0n) is 8.87. The van der Waals surface area contributed by atoms with E-state index in [1.165, 1.54) is 0 Å². The standard InChI is InChI=1S/C11H10BrIN2O/c1-6(2)15-9-5-7(12)3-4-8(9)10(16)11(13)14-15/h3-6H,1-2H3. The molecule has 16 heavy (non-hydrogen) atoms. The summed E-state index contributed by atoms with van der Waals surface area (Å²) in [5, 5.41) is 5.03. The van der Waals surface area contributed by atoms with Crippen molar-refractivity contribution in [3.05, 3.63) is 36.6 Å². The van der Waals surface area contributed by atoms with E-state index in [9.17, 15) is 4.79 Å². The van der Waals surface area contributed by atoms with Crippen molar-refractivity contribution < 1.29 is 0 Å². The highest BCUT2D eigenvalue weighted by Crippen LogP contribution is 2.20. The predicted molar refractivity (Wildman–Crippen MR) is 76.8 cm³/mol. The van der Waals surface area contributed by atoms with Crippen molar-refractivity contribution >= 4 is 49.4 Å². The fourth-order valence-corrected chi connectivity index (χ4v) is 2.46. The molecule has 0 aliphatic carbocycles. The lowest BCUT2D eigenvalue weighted by atomic mass is 10.2. The quantitative estimate of drug-likeness (QED) is 0.697. The van der Waals surface area contributed by atoms with Gasteiger partial charge in [-0.25, -0.2) is 0 Å². The summed E-state index contributed by atoms with van der Waals surface area (Å²) in [7, 11) is 0. The van der Waals surface area contributed by atoms with Crippen LogP contribution in [0.1, 0.15) is 19.9 Å². The second-order valence-electron chi connectivity index (χ2n) is 3.82. The summed E-state index contributed by atoms with van der Waals surface area (Å²) >= 11 is 5.40. The molecule has 84 valence electrons. The van der Waals surface area contributed by atoms with Gasteiger partial charge in [0.05, 0.1) is 10.9 Å². The van der Waals surface area contributed by atoms with E-state index in [2.05, 4.69) is 21.0 Å². The van der Waals surface area contributed by atoms with Crippen LogP contribution in [-0.2, 0) is 0 Å². The molecule has 0 atom stereocenters. The van der Waals surface area contributed by atoms with Crippen molar-refractivity contribution in [3.63, 3.8) is 0 Å². The molecular weight excluding hydrogens is 383 g/mol. The first-order valence-corrected chi connectivity index (χ1v) is 6.75. The summed E-state index contributed by atoms with van der Waals surface area (Å²) in [6.07, 6.45) is 0. The molecule has 2 rings (SSSR count). The lowest BCUT2D eigenvalue weighted by molar-refractivity contribution is 0.536. The van der Waals surface area contributed by atoms with Crippen LogP contribution in [-0.4, -0.2) is 9.78 Å². The highest BCUT2D eigenvalue weighted by Gasteiger charge is 2.10. The van der Waals surface area contributed by atoms with Crippen LogP contribution >= 0.6 is 38.5 Å². The maximum absolute atomic E-state index is 11.9. The van der Waals surface area contributed by atoms with Gasteiger partial charge in [-0.1, -0.05) is 15.9 Å². The average molecular weight is 393 g/mol. The molecule has 2 aromatic rings. The van der Waals surface area contributed by atoms with Crippen LogP contribution in [0.25, 0.3) is 10.9 Å². The van der Waals surface area contributed by atoms with Crippen molar-refractivity contribution in [3.8, 4) is 0 Å². The van der Waals surface area contributed by atoms with Crippen LogP contribution in [0.15, 0.2) is 27.5 Å². The largest absolute Gasteiger partial charge is 0.286 e. The Hall–Kier alpha value is -0.430. The third kappa shape index (κ3) is 2.02. The Bertz CT molecular complexity index is 607. The van der Waals surface area contributed by atoms with Crippen LogP contribution in [0.4, 0.5) is 0 Å². The number of halogens is 2. The van der Waals surface area contributed by atoms with E-state index in [-0.39, 0.29) is 11.5 Å². The van der Waals surface area contributed by atoms with Gasteiger partial charge in [0.2, 0.25) is 5.43 Å². The van der Waals surface area contributed by atoms with E-state index in [0.29, 0.717) is 3.70 Å². The van der Waals surface area contributed by atoms with Crippen molar-refractivity contribution in [1.82, 2.24) is 9.78 Å². The predicted octanol–water partition coefficient (Wildman–Crippen LogP) is 3.34. The first kappa shape index (κ1) is 12.0. The van der Waals surface area contributed by atoms with E-state index in [0.717, 1.165) is 15.4 Å². The Balaban J connectivity index is 2.96. The van der Waals surface area contributed by atoms with Gasteiger partial charge in [-0.05, 0) is 54.6 Å². The summed E-state index contributed by atoms with van der Waals surface area (Å²) in [4.78, 5) is 11.9. The molecule has 0 aliphatic rings. The lowest BCUT2D eigenvalue weighted by Crippen LogP contribution is -2.18. The fraction of sp³-hybridized carbons (Fsp3) is 0.273. The van der Waals surface area contributed by atoms with Crippen LogP contribution in [0, 0.1) is 3.70 Å². The molecule has 0 bridgehead atoms. The third-order valence-electron chi connectivity index (χ3n) is 2.32. The molecule has 0 spiro atoms. The number of hydrogen-bond donors (Lipinski definition) is 0. The minimum atomic E-state index is 0.000000000000000444. The van der Waals surface area contributed by atoms with Crippen LogP contribution in [0.2, 0.25) is 0 Å². The Labute approximate surface area is 115 Å². The maximum atomic E-state index is 11.9. The Morgan fingerprint density at radius 1 is 1.44 bits per heavy atom. The monoisotopic (exact) mass is 392 g/mol. The van der Waals surface area contributed by atoms with Crippen molar-refractivity contribution in [1.29, 1.82) is 0 Å². The minimum absolute atomic E-state index is 0.000000000000000444. The molecule has 5 heteroatoms. The summed E-state index contributed by atoms with van der Waals surface area (Å²) in [5.41, 5.74) is 0.870. The summed E-state index contributed by atoms with van der Waals surface area (Å²) in [5.74, 6) is 0. The first-order valence-electron chi connectivity index (χ1n) is 4.88. The number of hydrogen-bond acceptors (Lipinski definition) is 2. The number of benzene rings is 1. The van der Waals surface area contributed by atoms with Gasteiger partial charge in [0.25, 0.3) is 0 Å². The molecule has 0 fully saturated rings. The number of nitrogens with zero attached hydrogens (tertiary/aromatic N) is 2.